The average Bonchev–Trinajstić information content (AvgIpc) is 2.77. The number of hydrogen-bond acceptors (Lipinski definition) is 6. The molecule has 0 aliphatic carbocycles. The van der Waals surface area contributed by atoms with Gasteiger partial charge in [0.15, 0.2) is 5.82 Å². The third kappa shape index (κ3) is 4.91. The van der Waals surface area contributed by atoms with Gasteiger partial charge in [0.2, 0.25) is 0 Å². The van der Waals surface area contributed by atoms with Crippen molar-refractivity contribution in [3.63, 3.8) is 0 Å². The molecule has 30 heavy (non-hydrogen) atoms. The lowest BCUT2D eigenvalue weighted by molar-refractivity contribution is 0.122. The molecule has 4 rings (SSSR count). The van der Waals surface area contributed by atoms with Gasteiger partial charge < -0.3 is 15.0 Å². The van der Waals surface area contributed by atoms with Crippen molar-refractivity contribution in [3.8, 4) is 11.3 Å². The van der Waals surface area contributed by atoms with Crippen LogP contribution in [0.1, 0.15) is 26.1 Å². The van der Waals surface area contributed by atoms with Crippen molar-refractivity contribution < 1.29 is 9.13 Å². The van der Waals surface area contributed by atoms with Crippen molar-refractivity contribution in [1.29, 1.82) is 0 Å². The summed E-state index contributed by atoms with van der Waals surface area (Å²) in [6.45, 7) is 8.89. The zero-order valence-corrected chi connectivity index (χ0v) is 17.6. The maximum Gasteiger partial charge on any atom is 0.159 e. The Morgan fingerprint density at radius 1 is 1.03 bits per heavy atom. The third-order valence-electron chi connectivity index (χ3n) is 5.20. The summed E-state index contributed by atoms with van der Waals surface area (Å²) in [7, 11) is 0. The fourth-order valence-corrected chi connectivity index (χ4v) is 3.49. The van der Waals surface area contributed by atoms with Gasteiger partial charge in [0.1, 0.15) is 17.2 Å². The first kappa shape index (κ1) is 20.6. The second kappa shape index (κ2) is 9.45. The van der Waals surface area contributed by atoms with Gasteiger partial charge in [-0.3, -0.25) is 0 Å². The highest BCUT2D eigenvalue weighted by atomic mass is 19.1. The molecule has 7 heteroatoms. The zero-order valence-electron chi connectivity index (χ0n) is 17.6. The molecule has 1 aromatic carbocycles. The topological polar surface area (TPSA) is 63.2 Å². The molecular formula is C23H28FN5O. The van der Waals surface area contributed by atoms with Crippen molar-refractivity contribution in [2.75, 3.05) is 37.7 Å². The summed E-state index contributed by atoms with van der Waals surface area (Å²) < 4.78 is 18.8. The van der Waals surface area contributed by atoms with Crippen molar-refractivity contribution in [3.05, 3.63) is 48.0 Å². The van der Waals surface area contributed by atoms with Crippen molar-refractivity contribution in [2.24, 2.45) is 5.92 Å². The average molecular weight is 410 g/mol. The number of morpholine rings is 1. The molecule has 0 bridgehead atoms. The van der Waals surface area contributed by atoms with E-state index in [0.29, 0.717) is 25.7 Å². The van der Waals surface area contributed by atoms with Crippen LogP contribution in [0.4, 0.5) is 10.2 Å². The molecule has 158 valence electrons. The first-order valence-electron chi connectivity index (χ1n) is 10.6. The lowest BCUT2D eigenvalue weighted by atomic mass is 10.1. The number of rotatable bonds is 7. The monoisotopic (exact) mass is 409 g/mol. The lowest BCUT2D eigenvalue weighted by Crippen LogP contribution is -2.37. The van der Waals surface area contributed by atoms with E-state index in [0.717, 1.165) is 60.0 Å². The van der Waals surface area contributed by atoms with Gasteiger partial charge in [-0.15, -0.1) is 0 Å². The summed E-state index contributed by atoms with van der Waals surface area (Å²) in [6.07, 6.45) is 1.12. The fraction of sp³-hybridized carbons (Fsp3) is 0.435. The van der Waals surface area contributed by atoms with E-state index >= 15 is 0 Å². The number of halogens is 1. The summed E-state index contributed by atoms with van der Waals surface area (Å²) in [6, 6.07) is 10.3. The molecule has 1 fully saturated rings. The molecule has 0 amide bonds. The number of ether oxygens (including phenoxy) is 1. The van der Waals surface area contributed by atoms with Crippen LogP contribution in [0.15, 0.2) is 36.4 Å². The maximum atomic E-state index is 13.3. The van der Waals surface area contributed by atoms with Crippen LogP contribution in [0.5, 0.6) is 0 Å². The normalized spacial score (nSPS) is 14.6. The number of nitrogens with one attached hydrogen (secondary N) is 1. The van der Waals surface area contributed by atoms with E-state index < -0.39 is 0 Å². The van der Waals surface area contributed by atoms with Crippen LogP contribution >= 0.6 is 0 Å². The Kier molecular flexibility index (Phi) is 6.50. The summed E-state index contributed by atoms with van der Waals surface area (Å²) in [4.78, 5) is 16.7. The first-order chi connectivity index (χ1) is 14.6. The highest BCUT2D eigenvalue weighted by Gasteiger charge is 2.19. The second-order valence-corrected chi connectivity index (χ2v) is 7.99. The summed E-state index contributed by atoms with van der Waals surface area (Å²) in [5.74, 6) is 2.01. The summed E-state index contributed by atoms with van der Waals surface area (Å²) >= 11 is 0. The molecule has 0 spiro atoms. The highest BCUT2D eigenvalue weighted by molar-refractivity contribution is 5.87. The Morgan fingerprint density at radius 3 is 2.53 bits per heavy atom. The van der Waals surface area contributed by atoms with E-state index in [1.165, 1.54) is 12.1 Å². The van der Waals surface area contributed by atoms with Gasteiger partial charge in [-0.05, 0) is 55.3 Å². The van der Waals surface area contributed by atoms with E-state index in [-0.39, 0.29) is 5.82 Å². The lowest BCUT2D eigenvalue weighted by Gasteiger charge is -2.28. The predicted molar refractivity (Wildman–Crippen MR) is 117 cm³/mol. The number of hydrogen-bond donors (Lipinski definition) is 1. The van der Waals surface area contributed by atoms with Gasteiger partial charge >= 0.3 is 0 Å². The molecule has 1 N–H and O–H groups in total. The van der Waals surface area contributed by atoms with E-state index in [2.05, 4.69) is 24.1 Å². The number of fused-ring (bicyclic) bond motifs is 1. The molecule has 0 saturated carbocycles. The SMILES string of the molecule is CC(C)CCNCc1nc(N2CCOCC2)c2nc(-c3ccc(F)cc3)ccc2n1. The van der Waals surface area contributed by atoms with Gasteiger partial charge in [-0.1, -0.05) is 13.8 Å². The van der Waals surface area contributed by atoms with E-state index in [9.17, 15) is 4.39 Å². The number of benzene rings is 1. The van der Waals surface area contributed by atoms with Gasteiger partial charge in [-0.2, -0.15) is 0 Å². The number of nitrogens with zero attached hydrogens (tertiary/aromatic N) is 4. The Hall–Kier alpha value is -2.64. The molecule has 0 unspecified atom stereocenters. The van der Waals surface area contributed by atoms with Crippen LogP contribution in [0, 0.1) is 11.7 Å². The quantitative estimate of drug-likeness (QED) is 0.599. The molecule has 1 aliphatic rings. The molecule has 6 nitrogen and oxygen atoms in total. The van der Waals surface area contributed by atoms with Gasteiger partial charge in [0.05, 0.1) is 31.0 Å². The summed E-state index contributed by atoms with van der Waals surface area (Å²) in [5.41, 5.74) is 3.23. The first-order valence-corrected chi connectivity index (χ1v) is 10.6. The molecular weight excluding hydrogens is 381 g/mol. The number of pyridine rings is 1. The zero-order chi connectivity index (χ0) is 20.9. The van der Waals surface area contributed by atoms with E-state index in [4.69, 9.17) is 19.7 Å². The number of anilines is 1. The minimum absolute atomic E-state index is 0.258. The molecule has 3 aromatic rings. The minimum atomic E-state index is -0.258. The Bertz CT molecular complexity index is 987. The second-order valence-electron chi connectivity index (χ2n) is 7.99. The molecule has 2 aromatic heterocycles. The van der Waals surface area contributed by atoms with Crippen molar-refractivity contribution >= 4 is 16.9 Å². The van der Waals surface area contributed by atoms with Gasteiger partial charge in [0, 0.05) is 18.7 Å². The molecule has 0 atom stereocenters. The fourth-order valence-electron chi connectivity index (χ4n) is 3.49. The largest absolute Gasteiger partial charge is 0.378 e. The Labute approximate surface area is 176 Å². The van der Waals surface area contributed by atoms with Crippen molar-refractivity contribution in [2.45, 2.75) is 26.8 Å². The summed E-state index contributed by atoms with van der Waals surface area (Å²) in [5, 5.41) is 3.45. The molecule has 1 saturated heterocycles. The van der Waals surface area contributed by atoms with E-state index in [1.54, 1.807) is 12.1 Å². The van der Waals surface area contributed by atoms with Crippen LogP contribution in [0.2, 0.25) is 0 Å². The minimum Gasteiger partial charge on any atom is -0.378 e. The standard InChI is InChI=1S/C23H28FN5O/c1-16(2)9-10-25-15-21-26-20-8-7-19(17-3-5-18(24)6-4-17)27-22(20)23(28-21)29-11-13-30-14-12-29/h3-8,16,25H,9-15H2,1-2H3. The Morgan fingerprint density at radius 2 is 1.80 bits per heavy atom. The Balaban J connectivity index is 1.68. The highest BCUT2D eigenvalue weighted by Crippen LogP contribution is 2.27. The van der Waals surface area contributed by atoms with Crippen LogP contribution < -0.4 is 10.2 Å². The van der Waals surface area contributed by atoms with Crippen LogP contribution in [-0.4, -0.2) is 47.8 Å². The smallest absolute Gasteiger partial charge is 0.159 e. The molecule has 1 aliphatic heterocycles. The number of aromatic nitrogens is 3. The van der Waals surface area contributed by atoms with E-state index in [1.807, 2.05) is 12.1 Å². The maximum absolute atomic E-state index is 13.3. The van der Waals surface area contributed by atoms with Gasteiger partial charge in [-0.25, -0.2) is 19.3 Å². The van der Waals surface area contributed by atoms with Crippen LogP contribution in [-0.2, 0) is 11.3 Å². The van der Waals surface area contributed by atoms with Crippen LogP contribution in [0.3, 0.4) is 0 Å². The van der Waals surface area contributed by atoms with Crippen molar-refractivity contribution in [1.82, 2.24) is 20.3 Å². The molecule has 3 heterocycles. The van der Waals surface area contributed by atoms with Crippen LogP contribution in [0.25, 0.3) is 22.3 Å². The predicted octanol–water partition coefficient (Wildman–Crippen LogP) is 3.80. The molecule has 0 radical (unpaired) electrons. The van der Waals surface area contributed by atoms with Gasteiger partial charge in [0.25, 0.3) is 0 Å². The third-order valence-corrected chi connectivity index (χ3v) is 5.20.